The van der Waals surface area contributed by atoms with Gasteiger partial charge in [0.15, 0.2) is 0 Å². The Morgan fingerprint density at radius 3 is 2.41 bits per heavy atom. The van der Waals surface area contributed by atoms with Crippen LogP contribution in [0.1, 0.15) is 5.56 Å². The van der Waals surface area contributed by atoms with Crippen LogP contribution in [-0.4, -0.2) is 19.6 Å². The quantitative estimate of drug-likeness (QED) is 0.646. The van der Waals surface area contributed by atoms with Gasteiger partial charge in [-0.1, -0.05) is 6.07 Å². The van der Waals surface area contributed by atoms with Crippen LogP contribution in [0.25, 0.3) is 0 Å². The molecule has 3 nitrogen and oxygen atoms in total. The van der Waals surface area contributed by atoms with Crippen molar-refractivity contribution in [3.8, 4) is 5.75 Å². The van der Waals surface area contributed by atoms with E-state index in [9.17, 15) is 17.6 Å². The highest BCUT2D eigenvalue weighted by molar-refractivity contribution is 5.28. The summed E-state index contributed by atoms with van der Waals surface area (Å²) >= 11 is 0. The minimum Gasteiger partial charge on any atom is -0.491 e. The van der Waals surface area contributed by atoms with Crippen LogP contribution in [-0.2, 0) is 11.3 Å². The van der Waals surface area contributed by atoms with E-state index in [0.29, 0.717) is 5.56 Å². The molecule has 0 radical (unpaired) electrons. The van der Waals surface area contributed by atoms with Gasteiger partial charge in [-0.05, 0) is 6.07 Å². The van der Waals surface area contributed by atoms with Crippen LogP contribution in [0.15, 0.2) is 18.2 Å². The summed E-state index contributed by atoms with van der Waals surface area (Å²) in [5, 5.41) is 0. The van der Waals surface area contributed by atoms with Gasteiger partial charge in [-0.25, -0.2) is 4.39 Å². The van der Waals surface area contributed by atoms with E-state index in [4.69, 9.17) is 10.5 Å². The van der Waals surface area contributed by atoms with Crippen molar-refractivity contribution in [1.29, 1.82) is 0 Å². The molecule has 0 unspecified atom stereocenters. The first-order valence-corrected chi connectivity index (χ1v) is 4.74. The Kier molecular flexibility index (Phi) is 4.71. The first-order valence-electron chi connectivity index (χ1n) is 4.74. The zero-order valence-electron chi connectivity index (χ0n) is 8.76. The Labute approximate surface area is 95.1 Å². The summed E-state index contributed by atoms with van der Waals surface area (Å²) in [5.74, 6) is -0.424. The molecule has 2 N–H and O–H groups in total. The Morgan fingerprint density at radius 1 is 1.18 bits per heavy atom. The minimum absolute atomic E-state index is 0.0449. The number of hydrogen-bond acceptors (Lipinski definition) is 3. The monoisotopic (exact) mass is 253 g/mol. The SMILES string of the molecule is NCc1ccc(OCCOC(F)(F)F)cc1F. The van der Waals surface area contributed by atoms with Crippen molar-refractivity contribution < 1.29 is 27.0 Å². The Bertz CT molecular complexity index is 368. The van der Waals surface area contributed by atoms with Gasteiger partial charge in [-0.3, -0.25) is 4.74 Å². The lowest BCUT2D eigenvalue weighted by atomic mass is 10.2. The van der Waals surface area contributed by atoms with Crippen LogP contribution < -0.4 is 10.5 Å². The molecule has 1 aromatic rings. The fourth-order valence-corrected chi connectivity index (χ4v) is 1.10. The molecule has 0 atom stereocenters. The van der Waals surface area contributed by atoms with E-state index in [0.717, 1.165) is 6.07 Å². The molecular formula is C10H11F4NO2. The van der Waals surface area contributed by atoms with E-state index in [-0.39, 0.29) is 18.9 Å². The summed E-state index contributed by atoms with van der Waals surface area (Å²) < 4.78 is 56.3. The van der Waals surface area contributed by atoms with Gasteiger partial charge in [0.25, 0.3) is 0 Å². The van der Waals surface area contributed by atoms with Crippen molar-refractivity contribution in [2.24, 2.45) is 5.73 Å². The van der Waals surface area contributed by atoms with Gasteiger partial charge in [-0.15, -0.1) is 13.2 Å². The zero-order chi connectivity index (χ0) is 12.9. The Hall–Kier alpha value is -1.34. The maximum atomic E-state index is 13.2. The summed E-state index contributed by atoms with van der Waals surface area (Å²) in [6.45, 7) is -0.923. The van der Waals surface area contributed by atoms with Gasteiger partial charge in [0.2, 0.25) is 0 Å². The topological polar surface area (TPSA) is 44.5 Å². The van der Waals surface area contributed by atoms with E-state index in [2.05, 4.69) is 4.74 Å². The van der Waals surface area contributed by atoms with Crippen molar-refractivity contribution in [3.63, 3.8) is 0 Å². The molecule has 7 heteroatoms. The molecule has 0 aliphatic rings. The second kappa shape index (κ2) is 5.83. The molecular weight excluding hydrogens is 242 g/mol. The van der Waals surface area contributed by atoms with Crippen LogP contribution in [0.2, 0.25) is 0 Å². The lowest BCUT2D eigenvalue weighted by Crippen LogP contribution is -2.18. The third kappa shape index (κ3) is 5.01. The number of ether oxygens (including phenoxy) is 2. The Morgan fingerprint density at radius 2 is 1.88 bits per heavy atom. The molecule has 0 bridgehead atoms. The average Bonchev–Trinajstić information content (AvgIpc) is 2.23. The second-order valence-electron chi connectivity index (χ2n) is 3.10. The van der Waals surface area contributed by atoms with Crippen molar-refractivity contribution in [2.75, 3.05) is 13.2 Å². The second-order valence-corrected chi connectivity index (χ2v) is 3.10. The summed E-state index contributed by atoms with van der Waals surface area (Å²) in [7, 11) is 0. The molecule has 17 heavy (non-hydrogen) atoms. The zero-order valence-corrected chi connectivity index (χ0v) is 8.76. The predicted molar refractivity (Wildman–Crippen MR) is 51.8 cm³/mol. The first kappa shape index (κ1) is 13.7. The lowest BCUT2D eigenvalue weighted by Gasteiger charge is -2.09. The fourth-order valence-electron chi connectivity index (χ4n) is 1.10. The molecule has 0 aromatic heterocycles. The molecule has 0 fully saturated rings. The average molecular weight is 253 g/mol. The van der Waals surface area contributed by atoms with Crippen LogP contribution >= 0.6 is 0 Å². The van der Waals surface area contributed by atoms with Gasteiger partial charge in [0, 0.05) is 18.2 Å². The third-order valence-electron chi connectivity index (χ3n) is 1.86. The smallest absolute Gasteiger partial charge is 0.491 e. The molecule has 0 saturated carbocycles. The number of alkyl halides is 3. The third-order valence-corrected chi connectivity index (χ3v) is 1.86. The highest BCUT2D eigenvalue weighted by Crippen LogP contribution is 2.18. The summed E-state index contributed by atoms with van der Waals surface area (Å²) in [4.78, 5) is 0. The fraction of sp³-hybridized carbons (Fsp3) is 0.400. The van der Waals surface area contributed by atoms with E-state index in [1.807, 2.05) is 0 Å². The summed E-state index contributed by atoms with van der Waals surface area (Å²) in [6, 6.07) is 3.91. The van der Waals surface area contributed by atoms with Crippen LogP contribution in [0, 0.1) is 5.82 Å². The van der Waals surface area contributed by atoms with Crippen molar-refractivity contribution in [3.05, 3.63) is 29.6 Å². The van der Waals surface area contributed by atoms with E-state index >= 15 is 0 Å². The molecule has 96 valence electrons. The summed E-state index contributed by atoms with van der Waals surface area (Å²) in [5.41, 5.74) is 5.55. The first-order chi connectivity index (χ1) is 7.92. The van der Waals surface area contributed by atoms with Gasteiger partial charge in [0.1, 0.15) is 18.2 Å². The number of hydrogen-bond donors (Lipinski definition) is 1. The number of nitrogens with two attached hydrogens (primary N) is 1. The Balaban J connectivity index is 2.40. The largest absolute Gasteiger partial charge is 0.522 e. The van der Waals surface area contributed by atoms with Crippen LogP contribution in [0.5, 0.6) is 5.75 Å². The number of halogens is 4. The molecule has 0 aliphatic heterocycles. The van der Waals surface area contributed by atoms with Gasteiger partial charge in [0.05, 0.1) is 6.61 Å². The molecule has 0 aliphatic carbocycles. The maximum Gasteiger partial charge on any atom is 0.522 e. The number of benzene rings is 1. The molecule has 0 heterocycles. The normalized spacial score (nSPS) is 11.6. The molecule has 0 saturated heterocycles. The maximum absolute atomic E-state index is 13.2. The molecule has 0 amide bonds. The lowest BCUT2D eigenvalue weighted by molar-refractivity contribution is -0.325. The highest BCUT2D eigenvalue weighted by Gasteiger charge is 2.28. The minimum atomic E-state index is -4.68. The molecule has 0 spiro atoms. The molecule has 1 aromatic carbocycles. The van der Waals surface area contributed by atoms with E-state index in [1.54, 1.807) is 0 Å². The van der Waals surface area contributed by atoms with E-state index < -0.39 is 18.8 Å². The van der Waals surface area contributed by atoms with Crippen LogP contribution in [0.3, 0.4) is 0 Å². The van der Waals surface area contributed by atoms with Crippen LogP contribution in [0.4, 0.5) is 17.6 Å². The highest BCUT2D eigenvalue weighted by atomic mass is 19.4. The van der Waals surface area contributed by atoms with Crippen molar-refractivity contribution in [2.45, 2.75) is 12.9 Å². The van der Waals surface area contributed by atoms with Crippen molar-refractivity contribution in [1.82, 2.24) is 0 Å². The van der Waals surface area contributed by atoms with E-state index in [1.165, 1.54) is 12.1 Å². The standard InChI is InChI=1S/C10H11F4NO2/c11-9-5-8(2-1-7(9)6-15)16-3-4-17-10(12,13)14/h1-2,5H,3-4,6,15H2. The summed E-state index contributed by atoms with van der Waals surface area (Å²) in [6.07, 6.45) is -4.68. The number of rotatable bonds is 5. The van der Waals surface area contributed by atoms with Gasteiger partial charge < -0.3 is 10.5 Å². The van der Waals surface area contributed by atoms with Crippen molar-refractivity contribution >= 4 is 0 Å². The van der Waals surface area contributed by atoms with Gasteiger partial charge in [-0.2, -0.15) is 0 Å². The molecule has 1 rings (SSSR count). The predicted octanol–water partition coefficient (Wildman–Crippen LogP) is 2.20. The van der Waals surface area contributed by atoms with Gasteiger partial charge >= 0.3 is 6.36 Å².